The van der Waals surface area contributed by atoms with Crippen LogP contribution in [0.5, 0.6) is 5.75 Å². The highest BCUT2D eigenvalue weighted by Gasteiger charge is 2.22. The van der Waals surface area contributed by atoms with E-state index in [0.29, 0.717) is 22.5 Å². The first-order valence-electron chi connectivity index (χ1n) is 9.59. The van der Waals surface area contributed by atoms with Crippen molar-refractivity contribution < 1.29 is 13.9 Å². The molecule has 0 radical (unpaired) electrons. The van der Waals surface area contributed by atoms with Crippen molar-refractivity contribution in [2.24, 2.45) is 0 Å². The summed E-state index contributed by atoms with van der Waals surface area (Å²) in [5.41, 5.74) is 3.79. The number of carbonyl (C=O) groups excluding carboxylic acids is 1. The second-order valence-electron chi connectivity index (χ2n) is 7.21. The first kappa shape index (κ1) is 19.5. The Bertz CT molecular complexity index is 1270. The smallest absolute Gasteiger partial charge is 0.294 e. The van der Waals surface area contributed by atoms with Gasteiger partial charge in [-0.25, -0.2) is 0 Å². The molecule has 2 aromatic heterocycles. The van der Waals surface area contributed by atoms with E-state index in [0.717, 1.165) is 16.5 Å². The van der Waals surface area contributed by atoms with Crippen LogP contribution < -0.4 is 15.2 Å². The summed E-state index contributed by atoms with van der Waals surface area (Å²) in [6.45, 7) is 4.12. The van der Waals surface area contributed by atoms with Crippen LogP contribution in [0.4, 0.5) is 5.69 Å². The summed E-state index contributed by atoms with van der Waals surface area (Å²) in [5.74, 6) is 0.573. The zero-order valence-electron chi connectivity index (χ0n) is 17.1. The van der Waals surface area contributed by atoms with Gasteiger partial charge in [-0.3, -0.25) is 9.59 Å². The Morgan fingerprint density at radius 3 is 2.60 bits per heavy atom. The summed E-state index contributed by atoms with van der Waals surface area (Å²) in [6.07, 6.45) is 1.46. The van der Waals surface area contributed by atoms with Gasteiger partial charge in [-0.15, -0.1) is 0 Å². The van der Waals surface area contributed by atoms with Gasteiger partial charge < -0.3 is 19.0 Å². The van der Waals surface area contributed by atoms with Crippen molar-refractivity contribution >= 4 is 22.5 Å². The maximum Gasteiger partial charge on any atom is 0.294 e. The molecule has 4 rings (SSSR count). The molecule has 0 fully saturated rings. The van der Waals surface area contributed by atoms with E-state index in [-0.39, 0.29) is 23.8 Å². The van der Waals surface area contributed by atoms with Crippen molar-refractivity contribution in [2.45, 2.75) is 20.4 Å². The molecule has 0 saturated carbocycles. The fourth-order valence-electron chi connectivity index (χ4n) is 3.35. The Hall–Kier alpha value is -3.80. The SMILES string of the molecule is COc1ccc2cc(CN(C(=O)c3ccco3)c3ccc(C)c(C)c3)c(=O)[nH]c2c1. The number of pyridine rings is 1. The number of ether oxygens (including phenoxy) is 1. The van der Waals surface area contributed by atoms with Gasteiger partial charge in [0.15, 0.2) is 5.76 Å². The van der Waals surface area contributed by atoms with Gasteiger partial charge in [0.1, 0.15) is 5.75 Å². The van der Waals surface area contributed by atoms with Gasteiger partial charge in [0.05, 0.1) is 25.4 Å². The van der Waals surface area contributed by atoms with Crippen molar-refractivity contribution in [3.63, 3.8) is 0 Å². The van der Waals surface area contributed by atoms with Gasteiger partial charge in [0, 0.05) is 17.3 Å². The van der Waals surface area contributed by atoms with Gasteiger partial charge in [-0.05, 0) is 72.8 Å². The van der Waals surface area contributed by atoms with Crippen LogP contribution in [0.2, 0.25) is 0 Å². The zero-order chi connectivity index (χ0) is 21.3. The molecule has 2 aromatic carbocycles. The van der Waals surface area contributed by atoms with Crippen LogP contribution in [0, 0.1) is 13.8 Å². The lowest BCUT2D eigenvalue weighted by molar-refractivity contribution is 0.0958. The molecule has 0 aliphatic heterocycles. The third-order valence-corrected chi connectivity index (χ3v) is 5.24. The van der Waals surface area contributed by atoms with E-state index in [9.17, 15) is 9.59 Å². The summed E-state index contributed by atoms with van der Waals surface area (Å²) in [5, 5.41) is 0.857. The Balaban J connectivity index is 1.78. The molecule has 4 aromatic rings. The Morgan fingerprint density at radius 2 is 1.90 bits per heavy atom. The number of fused-ring (bicyclic) bond motifs is 1. The topological polar surface area (TPSA) is 75.5 Å². The highest BCUT2D eigenvalue weighted by Crippen LogP contribution is 2.24. The average Bonchev–Trinajstić information content (AvgIpc) is 3.28. The Labute approximate surface area is 173 Å². The van der Waals surface area contributed by atoms with Gasteiger partial charge in [0.2, 0.25) is 0 Å². The summed E-state index contributed by atoms with van der Waals surface area (Å²) in [7, 11) is 1.58. The number of furan rings is 1. The molecule has 0 saturated heterocycles. The number of carbonyl (C=O) groups is 1. The largest absolute Gasteiger partial charge is 0.497 e. The number of aromatic nitrogens is 1. The van der Waals surface area contributed by atoms with E-state index in [1.54, 1.807) is 36.3 Å². The fourth-order valence-corrected chi connectivity index (χ4v) is 3.35. The molecule has 6 nitrogen and oxygen atoms in total. The van der Waals surface area contributed by atoms with Crippen LogP contribution in [-0.2, 0) is 6.54 Å². The molecule has 30 heavy (non-hydrogen) atoms. The van der Waals surface area contributed by atoms with Gasteiger partial charge in [0.25, 0.3) is 11.5 Å². The van der Waals surface area contributed by atoms with E-state index in [1.807, 2.05) is 44.2 Å². The predicted octanol–water partition coefficient (Wildman–Crippen LogP) is 4.59. The third-order valence-electron chi connectivity index (χ3n) is 5.24. The lowest BCUT2D eigenvalue weighted by Gasteiger charge is -2.23. The highest BCUT2D eigenvalue weighted by atomic mass is 16.5. The van der Waals surface area contributed by atoms with Crippen molar-refractivity contribution in [3.8, 4) is 5.75 Å². The molecule has 6 heteroatoms. The molecule has 2 heterocycles. The van der Waals surface area contributed by atoms with Crippen LogP contribution in [0.25, 0.3) is 10.9 Å². The molecular formula is C24H22N2O4. The van der Waals surface area contributed by atoms with Crippen LogP contribution in [0.1, 0.15) is 27.2 Å². The molecular weight excluding hydrogens is 380 g/mol. The summed E-state index contributed by atoms with van der Waals surface area (Å²) < 4.78 is 10.5. The molecule has 0 bridgehead atoms. The third kappa shape index (κ3) is 3.72. The quantitative estimate of drug-likeness (QED) is 0.530. The monoisotopic (exact) mass is 402 g/mol. The molecule has 152 valence electrons. The molecule has 0 unspecified atom stereocenters. The minimum Gasteiger partial charge on any atom is -0.497 e. The minimum atomic E-state index is -0.308. The number of nitrogens with one attached hydrogen (secondary N) is 1. The van der Waals surface area contributed by atoms with Crippen LogP contribution in [0.3, 0.4) is 0 Å². The van der Waals surface area contributed by atoms with Crippen molar-refractivity contribution in [1.29, 1.82) is 0 Å². The van der Waals surface area contributed by atoms with Crippen LogP contribution >= 0.6 is 0 Å². The van der Waals surface area contributed by atoms with E-state index < -0.39 is 0 Å². The maximum absolute atomic E-state index is 13.2. The summed E-state index contributed by atoms with van der Waals surface area (Å²) in [4.78, 5) is 30.4. The molecule has 1 amide bonds. The standard InChI is InChI=1S/C24H22N2O4/c1-15-6-8-19(11-16(15)2)26(24(28)22-5-4-10-30-22)14-18-12-17-7-9-20(29-3)13-21(17)25-23(18)27/h4-13H,14H2,1-3H3,(H,25,27). The summed E-state index contributed by atoms with van der Waals surface area (Å²) in [6, 6.07) is 16.4. The first-order chi connectivity index (χ1) is 14.5. The van der Waals surface area contributed by atoms with Crippen molar-refractivity contribution in [3.05, 3.63) is 93.7 Å². The number of hydrogen-bond donors (Lipinski definition) is 1. The number of nitrogens with zero attached hydrogens (tertiary/aromatic N) is 1. The van der Waals surface area contributed by atoms with Crippen molar-refractivity contribution in [2.75, 3.05) is 12.0 Å². The first-order valence-corrected chi connectivity index (χ1v) is 9.59. The Morgan fingerprint density at radius 1 is 1.07 bits per heavy atom. The highest BCUT2D eigenvalue weighted by molar-refractivity contribution is 6.04. The number of aryl methyl sites for hydroxylation is 2. The van der Waals surface area contributed by atoms with Crippen molar-refractivity contribution in [1.82, 2.24) is 4.98 Å². The molecule has 0 spiro atoms. The van der Waals surface area contributed by atoms with E-state index in [2.05, 4.69) is 4.98 Å². The minimum absolute atomic E-state index is 0.110. The number of methoxy groups -OCH3 is 1. The van der Waals surface area contributed by atoms with Crippen LogP contribution in [0.15, 0.2) is 70.1 Å². The van der Waals surface area contributed by atoms with Crippen LogP contribution in [-0.4, -0.2) is 18.0 Å². The van der Waals surface area contributed by atoms with E-state index in [4.69, 9.17) is 9.15 Å². The normalized spacial score (nSPS) is 10.9. The fraction of sp³-hybridized carbons (Fsp3) is 0.167. The molecule has 1 N–H and O–H groups in total. The van der Waals surface area contributed by atoms with Gasteiger partial charge in [-0.2, -0.15) is 0 Å². The number of anilines is 1. The molecule has 0 atom stereocenters. The number of H-pyrrole nitrogens is 1. The lowest BCUT2D eigenvalue weighted by Crippen LogP contribution is -2.32. The van der Waals surface area contributed by atoms with Gasteiger partial charge >= 0.3 is 0 Å². The zero-order valence-corrected chi connectivity index (χ0v) is 17.1. The number of aromatic amines is 1. The van der Waals surface area contributed by atoms with Gasteiger partial charge in [-0.1, -0.05) is 6.07 Å². The molecule has 0 aliphatic carbocycles. The number of rotatable bonds is 5. The number of amides is 1. The molecule has 0 aliphatic rings. The number of hydrogen-bond acceptors (Lipinski definition) is 4. The average molecular weight is 402 g/mol. The Kier molecular flexibility index (Phi) is 5.14. The maximum atomic E-state index is 13.2. The van der Waals surface area contributed by atoms with E-state index in [1.165, 1.54) is 6.26 Å². The second-order valence-corrected chi connectivity index (χ2v) is 7.21. The lowest BCUT2D eigenvalue weighted by atomic mass is 10.1. The number of benzene rings is 2. The second kappa shape index (κ2) is 7.91. The summed E-state index contributed by atoms with van der Waals surface area (Å²) >= 11 is 0. The predicted molar refractivity (Wildman–Crippen MR) is 116 cm³/mol. The van der Waals surface area contributed by atoms with E-state index >= 15 is 0 Å².